The van der Waals surface area contributed by atoms with Crippen LogP contribution >= 0.6 is 11.8 Å². The standard InChI is InChI=1S/C21H19NO5S/c1-3-26-18-11-16(9-10-17(18)27-14(2)23)12-19-20(24)22(21(25)28-19)13-15-7-5-4-6-8-15/h4-12H,3,13H2,1-2H3/b19-12-. The first-order chi connectivity index (χ1) is 13.5. The first-order valence-electron chi connectivity index (χ1n) is 8.72. The lowest BCUT2D eigenvalue weighted by Crippen LogP contribution is -2.27. The van der Waals surface area contributed by atoms with E-state index >= 15 is 0 Å². The number of carbonyl (C=O) groups excluding carboxylic acids is 3. The highest BCUT2D eigenvalue weighted by Crippen LogP contribution is 2.35. The fraction of sp³-hybridized carbons (Fsp3) is 0.190. The quantitative estimate of drug-likeness (QED) is 0.412. The van der Waals surface area contributed by atoms with Crippen LogP contribution in [0.15, 0.2) is 53.4 Å². The molecule has 0 atom stereocenters. The lowest BCUT2D eigenvalue weighted by Gasteiger charge is -2.12. The summed E-state index contributed by atoms with van der Waals surface area (Å²) < 4.78 is 10.6. The smallest absolute Gasteiger partial charge is 0.308 e. The van der Waals surface area contributed by atoms with Gasteiger partial charge in [-0.15, -0.1) is 0 Å². The van der Waals surface area contributed by atoms with Crippen molar-refractivity contribution >= 4 is 35.0 Å². The molecule has 1 saturated heterocycles. The van der Waals surface area contributed by atoms with Crippen molar-refractivity contribution in [1.29, 1.82) is 0 Å². The van der Waals surface area contributed by atoms with Crippen LogP contribution in [0.4, 0.5) is 4.79 Å². The van der Waals surface area contributed by atoms with Gasteiger partial charge in [-0.2, -0.15) is 0 Å². The Hall–Kier alpha value is -3.06. The third-order valence-corrected chi connectivity index (χ3v) is 4.78. The van der Waals surface area contributed by atoms with Crippen molar-refractivity contribution in [3.8, 4) is 11.5 Å². The first-order valence-corrected chi connectivity index (χ1v) is 9.54. The Kier molecular flexibility index (Phi) is 6.16. The van der Waals surface area contributed by atoms with Gasteiger partial charge in [-0.3, -0.25) is 19.3 Å². The highest BCUT2D eigenvalue weighted by Gasteiger charge is 2.35. The fourth-order valence-corrected chi connectivity index (χ4v) is 3.51. The fourth-order valence-electron chi connectivity index (χ4n) is 2.68. The van der Waals surface area contributed by atoms with Crippen LogP contribution in [0.1, 0.15) is 25.0 Å². The molecule has 0 saturated carbocycles. The molecule has 1 heterocycles. The number of amides is 2. The van der Waals surface area contributed by atoms with Crippen molar-refractivity contribution in [3.05, 3.63) is 64.6 Å². The minimum absolute atomic E-state index is 0.235. The van der Waals surface area contributed by atoms with Crippen LogP contribution in [0.2, 0.25) is 0 Å². The van der Waals surface area contributed by atoms with Gasteiger partial charge in [0.15, 0.2) is 11.5 Å². The summed E-state index contributed by atoms with van der Waals surface area (Å²) in [4.78, 5) is 37.7. The Bertz CT molecular complexity index is 939. The molecule has 2 aromatic rings. The lowest BCUT2D eigenvalue weighted by molar-refractivity contribution is -0.132. The molecule has 28 heavy (non-hydrogen) atoms. The molecule has 7 heteroatoms. The molecule has 2 aromatic carbocycles. The summed E-state index contributed by atoms with van der Waals surface area (Å²) in [6.45, 7) is 3.76. The third kappa shape index (κ3) is 4.61. The van der Waals surface area contributed by atoms with Crippen LogP contribution < -0.4 is 9.47 Å². The molecule has 3 rings (SSSR count). The Labute approximate surface area is 167 Å². The minimum atomic E-state index is -0.448. The maximum Gasteiger partial charge on any atom is 0.308 e. The van der Waals surface area contributed by atoms with Crippen LogP contribution in [0, 0.1) is 0 Å². The predicted molar refractivity (Wildman–Crippen MR) is 107 cm³/mol. The van der Waals surface area contributed by atoms with Gasteiger partial charge in [0.2, 0.25) is 0 Å². The second kappa shape index (κ2) is 8.75. The second-order valence-electron chi connectivity index (χ2n) is 5.99. The maximum atomic E-state index is 12.7. The molecule has 0 aliphatic carbocycles. The van der Waals surface area contributed by atoms with Gasteiger partial charge in [0.25, 0.3) is 11.1 Å². The van der Waals surface area contributed by atoms with Crippen LogP contribution in [-0.4, -0.2) is 28.6 Å². The number of esters is 1. The number of rotatable bonds is 6. The van der Waals surface area contributed by atoms with Crippen LogP contribution in [0.25, 0.3) is 6.08 Å². The van der Waals surface area contributed by atoms with Gasteiger partial charge < -0.3 is 9.47 Å². The number of ether oxygens (including phenoxy) is 2. The van der Waals surface area contributed by atoms with Crippen molar-refractivity contribution in [2.45, 2.75) is 20.4 Å². The van der Waals surface area contributed by atoms with E-state index < -0.39 is 5.97 Å². The van der Waals surface area contributed by atoms with E-state index in [1.807, 2.05) is 37.3 Å². The van der Waals surface area contributed by atoms with Crippen molar-refractivity contribution in [2.24, 2.45) is 0 Å². The largest absolute Gasteiger partial charge is 0.490 e. The van der Waals surface area contributed by atoms with E-state index in [0.29, 0.717) is 28.6 Å². The first kappa shape index (κ1) is 19.7. The summed E-state index contributed by atoms with van der Waals surface area (Å²) in [5, 5.41) is -0.304. The SMILES string of the molecule is CCOc1cc(/C=C2\SC(=O)N(Cc3ccccc3)C2=O)ccc1OC(C)=O. The molecule has 6 nitrogen and oxygen atoms in total. The molecule has 1 aliphatic heterocycles. The average Bonchev–Trinajstić information content (AvgIpc) is 2.92. The van der Waals surface area contributed by atoms with Gasteiger partial charge in [0.05, 0.1) is 18.1 Å². The molecule has 0 spiro atoms. The molecule has 0 bridgehead atoms. The van der Waals surface area contributed by atoms with Crippen molar-refractivity contribution in [3.63, 3.8) is 0 Å². The number of hydrogen-bond acceptors (Lipinski definition) is 6. The molecule has 0 aromatic heterocycles. The van der Waals surface area contributed by atoms with Gasteiger partial charge >= 0.3 is 5.97 Å². The monoisotopic (exact) mass is 397 g/mol. The van der Waals surface area contributed by atoms with E-state index in [2.05, 4.69) is 0 Å². The zero-order valence-corrected chi connectivity index (χ0v) is 16.3. The molecule has 144 valence electrons. The van der Waals surface area contributed by atoms with Gasteiger partial charge in [-0.25, -0.2) is 0 Å². The molecule has 0 N–H and O–H groups in total. The Morgan fingerprint density at radius 3 is 2.54 bits per heavy atom. The summed E-state index contributed by atoms with van der Waals surface area (Å²) >= 11 is 0.902. The van der Waals surface area contributed by atoms with Gasteiger partial charge in [0, 0.05) is 6.92 Å². The maximum absolute atomic E-state index is 12.7. The van der Waals surface area contributed by atoms with Crippen molar-refractivity contribution in [1.82, 2.24) is 4.90 Å². The molecule has 1 aliphatic rings. The van der Waals surface area contributed by atoms with Gasteiger partial charge in [-0.05, 0) is 48.0 Å². The number of benzene rings is 2. The van der Waals surface area contributed by atoms with Gasteiger partial charge in [-0.1, -0.05) is 36.4 Å². The molecule has 0 radical (unpaired) electrons. The molecule has 0 unspecified atom stereocenters. The summed E-state index contributed by atoms with van der Waals surface area (Å²) in [5.74, 6) is -0.0738. The Morgan fingerprint density at radius 1 is 1.11 bits per heavy atom. The summed E-state index contributed by atoms with van der Waals surface area (Å²) in [5.41, 5.74) is 1.56. The lowest BCUT2D eigenvalue weighted by atomic mass is 10.1. The molecule has 2 amide bonds. The van der Waals surface area contributed by atoms with E-state index in [1.54, 1.807) is 24.3 Å². The second-order valence-corrected chi connectivity index (χ2v) is 6.98. The van der Waals surface area contributed by atoms with E-state index in [9.17, 15) is 14.4 Å². The molecule has 1 fully saturated rings. The summed E-state index contributed by atoms with van der Waals surface area (Å²) in [7, 11) is 0. The predicted octanol–water partition coefficient (Wildman–Crippen LogP) is 4.25. The Morgan fingerprint density at radius 2 is 1.86 bits per heavy atom. The zero-order chi connectivity index (χ0) is 20.1. The van der Waals surface area contributed by atoms with E-state index in [4.69, 9.17) is 9.47 Å². The Balaban J connectivity index is 1.83. The van der Waals surface area contributed by atoms with E-state index in [-0.39, 0.29) is 17.7 Å². The molecular formula is C21H19NO5S. The van der Waals surface area contributed by atoms with Crippen molar-refractivity contribution in [2.75, 3.05) is 6.61 Å². The van der Waals surface area contributed by atoms with Gasteiger partial charge in [0.1, 0.15) is 0 Å². The van der Waals surface area contributed by atoms with Crippen molar-refractivity contribution < 1.29 is 23.9 Å². The van der Waals surface area contributed by atoms with Crippen LogP contribution in [0.3, 0.4) is 0 Å². The number of hydrogen-bond donors (Lipinski definition) is 0. The number of imide groups is 1. The number of carbonyl (C=O) groups is 3. The highest BCUT2D eigenvalue weighted by atomic mass is 32.2. The topological polar surface area (TPSA) is 72.9 Å². The number of nitrogens with zero attached hydrogens (tertiary/aromatic N) is 1. The van der Waals surface area contributed by atoms with E-state index in [0.717, 1.165) is 17.3 Å². The summed E-state index contributed by atoms with van der Waals surface area (Å²) in [6.07, 6.45) is 1.63. The normalized spacial score (nSPS) is 15.2. The third-order valence-electron chi connectivity index (χ3n) is 3.88. The number of thioether (sulfide) groups is 1. The van der Waals surface area contributed by atoms with Crippen LogP contribution in [0.5, 0.6) is 11.5 Å². The van der Waals surface area contributed by atoms with Crippen LogP contribution in [-0.2, 0) is 16.1 Å². The average molecular weight is 397 g/mol. The molecular weight excluding hydrogens is 378 g/mol. The summed E-state index contributed by atoms with van der Waals surface area (Å²) in [6, 6.07) is 14.3. The highest BCUT2D eigenvalue weighted by molar-refractivity contribution is 8.18. The van der Waals surface area contributed by atoms with E-state index in [1.165, 1.54) is 11.8 Å². The minimum Gasteiger partial charge on any atom is -0.490 e. The zero-order valence-electron chi connectivity index (χ0n) is 15.5.